The fourth-order valence-corrected chi connectivity index (χ4v) is 6.15. The number of nitrogen functional groups attached to an aromatic ring is 1. The van der Waals surface area contributed by atoms with Crippen molar-refractivity contribution in [3.8, 4) is 5.75 Å². The molecule has 9 nitrogen and oxygen atoms in total. The second kappa shape index (κ2) is 9.89. The van der Waals surface area contributed by atoms with E-state index in [0.29, 0.717) is 28.2 Å². The van der Waals surface area contributed by atoms with Crippen LogP contribution in [0.3, 0.4) is 0 Å². The largest absolute Gasteiger partial charge is 0.424 e. The number of alkyl halides is 1. The first-order valence-electron chi connectivity index (χ1n) is 11.2. The molecular weight excluding hydrogens is 474 g/mol. The molecule has 0 bridgehead atoms. The minimum atomic E-state index is -3.85. The van der Waals surface area contributed by atoms with E-state index in [9.17, 15) is 14.5 Å². The zero-order valence-corrected chi connectivity index (χ0v) is 20.3. The number of hydrogen-bond acceptors (Lipinski definition) is 8. The van der Waals surface area contributed by atoms with Gasteiger partial charge in [0.25, 0.3) is 0 Å². The maximum atomic E-state index is 15.3. The van der Waals surface area contributed by atoms with Crippen LogP contribution in [0.1, 0.15) is 19.9 Å². The number of nitrogens with two attached hydrogens (primary N) is 1. The van der Waals surface area contributed by atoms with E-state index in [0.717, 1.165) is 0 Å². The van der Waals surface area contributed by atoms with Crippen LogP contribution in [0, 0.1) is 11.8 Å². The second-order valence-electron chi connectivity index (χ2n) is 8.79. The van der Waals surface area contributed by atoms with Crippen LogP contribution >= 0.6 is 7.60 Å². The molecule has 3 N–H and O–H groups in total. The van der Waals surface area contributed by atoms with Gasteiger partial charge in [-0.05, 0) is 30.7 Å². The summed E-state index contributed by atoms with van der Waals surface area (Å²) in [5.41, 5.74) is 7.45. The third kappa shape index (κ3) is 5.00. The van der Waals surface area contributed by atoms with Crippen LogP contribution in [-0.2, 0) is 13.9 Å². The lowest BCUT2D eigenvalue weighted by molar-refractivity contribution is -0.119. The molecule has 1 fully saturated rings. The third-order valence-corrected chi connectivity index (χ3v) is 8.34. The van der Waals surface area contributed by atoms with Gasteiger partial charge in [0.15, 0.2) is 11.8 Å². The maximum absolute atomic E-state index is 15.3. The quantitative estimate of drug-likeness (QED) is 0.332. The van der Waals surface area contributed by atoms with Gasteiger partial charge in [0.1, 0.15) is 17.0 Å². The monoisotopic (exact) mass is 502 g/mol. The van der Waals surface area contributed by atoms with Gasteiger partial charge in [-0.25, -0.2) is 18.9 Å². The number of carbonyl (C=O) groups excluding carboxylic acids is 1. The number of halogens is 1. The van der Waals surface area contributed by atoms with Gasteiger partial charge >= 0.3 is 7.60 Å². The van der Waals surface area contributed by atoms with Gasteiger partial charge in [0.2, 0.25) is 0 Å². The van der Waals surface area contributed by atoms with E-state index in [2.05, 4.69) is 16.5 Å². The highest BCUT2D eigenvalue weighted by Gasteiger charge is 2.48. The van der Waals surface area contributed by atoms with Gasteiger partial charge in [0.05, 0.1) is 36.9 Å². The van der Waals surface area contributed by atoms with Gasteiger partial charge < -0.3 is 19.9 Å². The molecule has 1 aliphatic carbocycles. The number of carbonyl (C=O) groups is 1. The van der Waals surface area contributed by atoms with E-state index in [1.807, 2.05) is 0 Å². The third-order valence-electron chi connectivity index (χ3n) is 6.32. The number of aromatic nitrogens is 3. The molecule has 0 saturated heterocycles. The molecule has 0 aliphatic heterocycles. The fraction of sp³-hybridized carbons (Fsp3) is 0.375. The number of nitrogens with zero attached hydrogens (tertiary/aromatic N) is 3. The zero-order chi connectivity index (χ0) is 25.3. The summed E-state index contributed by atoms with van der Waals surface area (Å²) in [6, 6.07) is 9.06. The lowest BCUT2D eigenvalue weighted by Gasteiger charge is -2.24. The summed E-state index contributed by atoms with van der Waals surface area (Å²) in [6.45, 7) is 6.72. The number of para-hydroxylation sites is 1. The first-order valence-corrected chi connectivity index (χ1v) is 12.9. The van der Waals surface area contributed by atoms with Crippen molar-refractivity contribution in [2.75, 3.05) is 18.5 Å². The fourth-order valence-electron chi connectivity index (χ4n) is 4.16. The Bertz CT molecular complexity index is 1280. The molecule has 2 heterocycles. The van der Waals surface area contributed by atoms with Gasteiger partial charge in [-0.3, -0.25) is 9.32 Å². The topological polar surface area (TPSA) is 130 Å². The average molecular weight is 502 g/mol. The number of imidazole rings is 1. The van der Waals surface area contributed by atoms with Crippen LogP contribution < -0.4 is 10.3 Å². The van der Waals surface area contributed by atoms with Crippen molar-refractivity contribution in [2.45, 2.75) is 32.2 Å². The minimum absolute atomic E-state index is 0.162. The van der Waals surface area contributed by atoms with E-state index in [1.54, 1.807) is 43.3 Å². The molecule has 6 atom stereocenters. The van der Waals surface area contributed by atoms with Gasteiger partial charge in [0, 0.05) is 18.0 Å². The van der Waals surface area contributed by atoms with Crippen LogP contribution in [-0.4, -0.2) is 50.5 Å². The predicted octanol–water partition coefficient (Wildman–Crippen LogP) is 3.95. The number of pyridine rings is 1. The summed E-state index contributed by atoms with van der Waals surface area (Å²) < 4.78 is 41.9. The normalized spacial score (nSPS) is 24.9. The van der Waals surface area contributed by atoms with Crippen molar-refractivity contribution in [3.05, 3.63) is 61.1 Å². The molecule has 5 unspecified atom stereocenters. The Hall–Kier alpha value is -3.07. The van der Waals surface area contributed by atoms with Crippen molar-refractivity contribution in [2.24, 2.45) is 11.8 Å². The summed E-state index contributed by atoms with van der Waals surface area (Å²) in [6.07, 6.45) is -0.469. The molecular formula is C24H28FN4O5P. The number of aliphatic hydroxyl groups is 1. The second-order valence-corrected chi connectivity index (χ2v) is 10.8. The number of fused-ring (bicyclic) bond motifs is 1. The van der Waals surface area contributed by atoms with Crippen LogP contribution in [0.4, 0.5) is 10.1 Å². The SMILES string of the molecule is C=C1C(COP(=O)(C[C@H](C)C(C)=O)Oc2ccccc2)C(O)C(F)C1n1cnc2c(N)ccnc21. The Labute approximate surface area is 202 Å². The van der Waals surface area contributed by atoms with Gasteiger partial charge in [-0.1, -0.05) is 31.7 Å². The number of anilines is 1. The van der Waals surface area contributed by atoms with E-state index in [4.69, 9.17) is 14.8 Å². The number of hydrogen-bond donors (Lipinski definition) is 2. The lowest BCUT2D eigenvalue weighted by Crippen LogP contribution is -2.28. The number of aliphatic hydroxyl groups excluding tert-OH is 1. The number of rotatable bonds is 9. The Kier molecular flexibility index (Phi) is 7.07. The predicted molar refractivity (Wildman–Crippen MR) is 130 cm³/mol. The molecule has 3 aromatic rings. The van der Waals surface area contributed by atoms with Gasteiger partial charge in [-0.2, -0.15) is 0 Å². The highest BCUT2D eigenvalue weighted by atomic mass is 31.2. The molecule has 0 amide bonds. The smallest absolute Gasteiger partial charge is 0.379 e. The van der Waals surface area contributed by atoms with Crippen molar-refractivity contribution >= 4 is 30.2 Å². The van der Waals surface area contributed by atoms with Crippen LogP contribution in [0.15, 0.2) is 61.1 Å². The van der Waals surface area contributed by atoms with Gasteiger partial charge in [-0.15, -0.1) is 0 Å². The summed E-state index contributed by atoms with van der Waals surface area (Å²) in [7, 11) is -3.85. The highest BCUT2D eigenvalue weighted by molar-refractivity contribution is 7.54. The van der Waals surface area contributed by atoms with E-state index < -0.39 is 37.7 Å². The molecule has 0 spiro atoms. The molecule has 186 valence electrons. The standard InChI is InChI=1S/C24H28FN4O5P/c1-14(16(3)30)12-35(32,34-17-7-5-4-6-8-17)33-11-18-15(2)22(20(25)23(18)31)29-13-28-21-19(26)9-10-27-24(21)29/h4-10,13-14,18,20,22-23,31H,2,11-12H2,1,3H3,(H2,26,27)/t14-,18?,20?,22?,23?,35?/m0/s1. The molecule has 11 heteroatoms. The van der Waals surface area contributed by atoms with E-state index in [-0.39, 0.29) is 18.6 Å². The zero-order valence-electron chi connectivity index (χ0n) is 19.5. The van der Waals surface area contributed by atoms with Crippen LogP contribution in [0.2, 0.25) is 0 Å². The molecule has 4 rings (SSSR count). The Morgan fingerprint density at radius 2 is 2.03 bits per heavy atom. The van der Waals surface area contributed by atoms with Crippen LogP contribution in [0.25, 0.3) is 11.2 Å². The first-order chi connectivity index (χ1) is 16.6. The van der Waals surface area contributed by atoms with Crippen molar-refractivity contribution in [3.63, 3.8) is 0 Å². The molecule has 35 heavy (non-hydrogen) atoms. The average Bonchev–Trinajstić information content (AvgIpc) is 3.32. The number of Topliss-reactive ketones (excluding diaryl/α,β-unsaturated/α-hetero) is 1. The summed E-state index contributed by atoms with van der Waals surface area (Å²) in [5.74, 6) is -1.32. The molecule has 1 saturated carbocycles. The molecule has 2 aromatic heterocycles. The Balaban J connectivity index is 1.56. The van der Waals surface area contributed by atoms with E-state index in [1.165, 1.54) is 24.0 Å². The summed E-state index contributed by atoms with van der Waals surface area (Å²) in [4.78, 5) is 20.3. The highest BCUT2D eigenvalue weighted by Crippen LogP contribution is 2.52. The molecule has 0 radical (unpaired) electrons. The Morgan fingerprint density at radius 1 is 1.31 bits per heavy atom. The summed E-state index contributed by atoms with van der Waals surface area (Å²) in [5, 5.41) is 10.7. The molecule has 1 aliphatic rings. The number of ketones is 1. The van der Waals surface area contributed by atoms with Crippen LogP contribution in [0.5, 0.6) is 5.75 Å². The first kappa shape index (κ1) is 25.0. The summed E-state index contributed by atoms with van der Waals surface area (Å²) >= 11 is 0. The minimum Gasteiger partial charge on any atom is -0.424 e. The van der Waals surface area contributed by atoms with Crippen molar-refractivity contribution < 1.29 is 27.9 Å². The number of benzene rings is 1. The Morgan fingerprint density at radius 3 is 2.71 bits per heavy atom. The van der Waals surface area contributed by atoms with Crippen molar-refractivity contribution in [1.29, 1.82) is 0 Å². The van der Waals surface area contributed by atoms with E-state index >= 15 is 4.39 Å². The lowest BCUT2D eigenvalue weighted by atomic mass is 10.0. The van der Waals surface area contributed by atoms with Crippen molar-refractivity contribution in [1.82, 2.24) is 14.5 Å². The maximum Gasteiger partial charge on any atom is 0.379 e. The molecule has 1 aromatic carbocycles.